The maximum absolute atomic E-state index is 13.1. The number of carbonyl (C=O) groups excluding carboxylic acids is 1. The van der Waals surface area contributed by atoms with E-state index in [0.29, 0.717) is 38.6 Å². The molecule has 24 heavy (non-hydrogen) atoms. The minimum Gasteiger partial charge on any atom is -0.481 e. The summed E-state index contributed by atoms with van der Waals surface area (Å²) in [5.41, 5.74) is -0.781. The van der Waals surface area contributed by atoms with E-state index in [2.05, 4.69) is 6.92 Å². The summed E-state index contributed by atoms with van der Waals surface area (Å²) in [7, 11) is 0. The molecule has 3 fully saturated rings. The molecule has 2 heterocycles. The molecule has 0 bridgehead atoms. The molecule has 5 heteroatoms. The number of nitrogens with zero attached hydrogens (tertiary/aromatic N) is 1. The molecular formula is C19H31NO4. The zero-order valence-electron chi connectivity index (χ0n) is 14.8. The van der Waals surface area contributed by atoms with Gasteiger partial charge in [-0.3, -0.25) is 9.59 Å². The molecule has 1 saturated carbocycles. The molecule has 2 aliphatic heterocycles. The van der Waals surface area contributed by atoms with Crippen LogP contribution in [-0.2, 0) is 14.3 Å². The van der Waals surface area contributed by atoms with E-state index in [0.717, 1.165) is 12.8 Å². The van der Waals surface area contributed by atoms with E-state index in [-0.39, 0.29) is 17.7 Å². The van der Waals surface area contributed by atoms with Gasteiger partial charge in [0.05, 0.1) is 12.0 Å². The molecule has 3 aliphatic rings. The Bertz CT molecular complexity index is 474. The second-order valence-corrected chi connectivity index (χ2v) is 8.05. The lowest BCUT2D eigenvalue weighted by Gasteiger charge is -2.34. The third-order valence-electron chi connectivity index (χ3n) is 6.63. The Kier molecular flexibility index (Phi) is 5.48. The molecule has 3 atom stereocenters. The van der Waals surface area contributed by atoms with Crippen LogP contribution < -0.4 is 0 Å². The molecule has 0 aromatic heterocycles. The summed E-state index contributed by atoms with van der Waals surface area (Å²) in [6, 6.07) is 0. The van der Waals surface area contributed by atoms with Crippen molar-refractivity contribution in [3.8, 4) is 0 Å². The smallest absolute Gasteiger partial charge is 0.311 e. The highest BCUT2D eigenvalue weighted by molar-refractivity contribution is 5.82. The second kappa shape index (κ2) is 7.42. The van der Waals surface area contributed by atoms with Gasteiger partial charge in [-0.2, -0.15) is 0 Å². The van der Waals surface area contributed by atoms with Crippen molar-refractivity contribution in [2.24, 2.45) is 23.2 Å². The van der Waals surface area contributed by atoms with E-state index in [4.69, 9.17) is 4.74 Å². The number of fused-ring (bicyclic) bond motifs is 1. The van der Waals surface area contributed by atoms with Crippen molar-refractivity contribution >= 4 is 11.9 Å². The number of ether oxygens (including phenoxy) is 1. The first kappa shape index (κ1) is 17.7. The van der Waals surface area contributed by atoms with Crippen molar-refractivity contribution in [1.82, 2.24) is 4.90 Å². The Hall–Kier alpha value is -1.10. The lowest BCUT2D eigenvalue weighted by molar-refractivity contribution is -0.157. The average molecular weight is 337 g/mol. The highest BCUT2D eigenvalue weighted by atomic mass is 16.5. The third kappa shape index (κ3) is 3.32. The molecule has 0 aromatic rings. The van der Waals surface area contributed by atoms with E-state index in [1.807, 2.05) is 4.90 Å². The van der Waals surface area contributed by atoms with Crippen LogP contribution in [-0.4, -0.2) is 48.2 Å². The molecule has 0 spiro atoms. The van der Waals surface area contributed by atoms with Gasteiger partial charge in [0.15, 0.2) is 0 Å². The maximum atomic E-state index is 13.1. The number of carboxylic acids is 1. The largest absolute Gasteiger partial charge is 0.481 e. The molecule has 1 amide bonds. The van der Waals surface area contributed by atoms with Crippen LogP contribution in [0.5, 0.6) is 0 Å². The van der Waals surface area contributed by atoms with Gasteiger partial charge in [0.25, 0.3) is 0 Å². The van der Waals surface area contributed by atoms with Gasteiger partial charge in [0.1, 0.15) is 0 Å². The van der Waals surface area contributed by atoms with Gasteiger partial charge in [-0.05, 0) is 25.2 Å². The summed E-state index contributed by atoms with van der Waals surface area (Å²) in [6.45, 7) is 3.97. The molecular weight excluding hydrogens is 306 g/mol. The number of hydrogen-bond donors (Lipinski definition) is 1. The fourth-order valence-electron chi connectivity index (χ4n) is 4.99. The summed E-state index contributed by atoms with van der Waals surface area (Å²) in [5.74, 6) is 0.0960. The molecule has 2 saturated heterocycles. The van der Waals surface area contributed by atoms with Gasteiger partial charge in [0.2, 0.25) is 5.91 Å². The summed E-state index contributed by atoms with van der Waals surface area (Å²) in [5, 5.41) is 9.76. The zero-order valence-corrected chi connectivity index (χ0v) is 14.8. The van der Waals surface area contributed by atoms with Gasteiger partial charge in [-0.15, -0.1) is 0 Å². The number of rotatable bonds is 5. The fraction of sp³-hybridized carbons (Fsp3) is 0.895. The van der Waals surface area contributed by atoms with Crippen LogP contribution in [0.15, 0.2) is 0 Å². The molecule has 0 radical (unpaired) electrons. The first-order chi connectivity index (χ1) is 11.6. The minimum atomic E-state index is -0.781. The maximum Gasteiger partial charge on any atom is 0.311 e. The van der Waals surface area contributed by atoms with Crippen LogP contribution in [0.25, 0.3) is 0 Å². The summed E-state index contributed by atoms with van der Waals surface area (Å²) in [6.07, 6.45) is 8.77. The highest BCUT2D eigenvalue weighted by Crippen LogP contribution is 2.43. The van der Waals surface area contributed by atoms with Crippen LogP contribution in [0.4, 0.5) is 0 Å². The van der Waals surface area contributed by atoms with Gasteiger partial charge in [-0.1, -0.05) is 39.0 Å². The van der Waals surface area contributed by atoms with Crippen molar-refractivity contribution < 1.29 is 19.4 Å². The van der Waals surface area contributed by atoms with Crippen molar-refractivity contribution in [3.63, 3.8) is 0 Å². The Morgan fingerprint density at radius 2 is 2.04 bits per heavy atom. The van der Waals surface area contributed by atoms with Crippen LogP contribution in [0.1, 0.15) is 58.3 Å². The van der Waals surface area contributed by atoms with E-state index in [1.165, 1.54) is 32.1 Å². The number of carbonyl (C=O) groups is 2. The topological polar surface area (TPSA) is 66.8 Å². The molecule has 1 N–H and O–H groups in total. The van der Waals surface area contributed by atoms with Crippen LogP contribution in [0.3, 0.4) is 0 Å². The number of carboxylic acid groups (broad SMARTS) is 1. The monoisotopic (exact) mass is 337 g/mol. The van der Waals surface area contributed by atoms with Crippen LogP contribution in [0.2, 0.25) is 0 Å². The average Bonchev–Trinajstić information content (AvgIpc) is 3.01. The number of aliphatic carboxylic acids is 1. The van der Waals surface area contributed by atoms with Gasteiger partial charge in [-0.25, -0.2) is 0 Å². The lowest BCUT2D eigenvalue weighted by Crippen LogP contribution is -2.45. The predicted octanol–water partition coefficient (Wildman–Crippen LogP) is 2.93. The number of likely N-dealkylation sites (tertiary alicyclic amines) is 1. The van der Waals surface area contributed by atoms with Crippen LogP contribution >= 0.6 is 0 Å². The standard InChI is InChI=1S/C19H31NO4/c1-2-15(10-14-6-4-3-5-7-14)17(21)20-11-16-12-24-9-8-19(16,13-20)18(22)23/h14-16H,2-13H2,1H3,(H,22,23)/t15?,16-,19+/m0/s1. The molecule has 3 rings (SSSR count). The highest BCUT2D eigenvalue weighted by Gasteiger charge is 2.55. The zero-order chi connectivity index (χ0) is 17.2. The summed E-state index contributed by atoms with van der Waals surface area (Å²) < 4.78 is 5.49. The van der Waals surface area contributed by atoms with Crippen molar-refractivity contribution in [1.29, 1.82) is 0 Å². The van der Waals surface area contributed by atoms with Crippen molar-refractivity contribution in [3.05, 3.63) is 0 Å². The second-order valence-electron chi connectivity index (χ2n) is 8.05. The molecule has 0 aromatic carbocycles. The van der Waals surface area contributed by atoms with E-state index in [9.17, 15) is 14.7 Å². The number of amides is 1. The molecule has 1 aliphatic carbocycles. The Balaban J connectivity index is 1.66. The van der Waals surface area contributed by atoms with Crippen LogP contribution in [0, 0.1) is 23.2 Å². The van der Waals surface area contributed by atoms with Gasteiger partial charge in [0, 0.05) is 31.5 Å². The molecule has 136 valence electrons. The summed E-state index contributed by atoms with van der Waals surface area (Å²) in [4.78, 5) is 26.8. The normalized spacial score (nSPS) is 32.4. The Morgan fingerprint density at radius 1 is 1.29 bits per heavy atom. The Labute approximate surface area is 144 Å². The third-order valence-corrected chi connectivity index (χ3v) is 6.63. The van der Waals surface area contributed by atoms with Crippen molar-refractivity contribution in [2.75, 3.05) is 26.3 Å². The van der Waals surface area contributed by atoms with Gasteiger partial charge >= 0.3 is 5.97 Å². The molecule has 1 unspecified atom stereocenters. The van der Waals surface area contributed by atoms with E-state index >= 15 is 0 Å². The SMILES string of the molecule is CCC(CC1CCCCC1)C(=O)N1C[C@H]2COCC[C@@]2(C(=O)O)C1. The van der Waals surface area contributed by atoms with E-state index in [1.54, 1.807) is 0 Å². The number of hydrogen-bond acceptors (Lipinski definition) is 3. The fourth-order valence-corrected chi connectivity index (χ4v) is 4.99. The lowest BCUT2D eigenvalue weighted by atomic mass is 9.74. The Morgan fingerprint density at radius 3 is 2.67 bits per heavy atom. The van der Waals surface area contributed by atoms with Gasteiger partial charge < -0.3 is 14.7 Å². The quantitative estimate of drug-likeness (QED) is 0.837. The minimum absolute atomic E-state index is 0.0556. The first-order valence-corrected chi connectivity index (χ1v) is 9.66. The molecule has 5 nitrogen and oxygen atoms in total. The van der Waals surface area contributed by atoms with E-state index < -0.39 is 11.4 Å². The predicted molar refractivity (Wildman–Crippen MR) is 90.5 cm³/mol. The van der Waals surface area contributed by atoms with Crippen molar-refractivity contribution in [2.45, 2.75) is 58.3 Å². The first-order valence-electron chi connectivity index (χ1n) is 9.66. The summed E-state index contributed by atoms with van der Waals surface area (Å²) >= 11 is 0.